The van der Waals surface area contributed by atoms with Crippen molar-refractivity contribution in [1.29, 1.82) is 0 Å². The van der Waals surface area contributed by atoms with Crippen LogP contribution < -0.4 is 0 Å². The molecule has 104 valence electrons. The number of hydrogen-bond donors (Lipinski definition) is 0. The second-order valence-corrected chi connectivity index (χ2v) is 5.00. The van der Waals surface area contributed by atoms with Gasteiger partial charge in [0.1, 0.15) is 0 Å². The van der Waals surface area contributed by atoms with Gasteiger partial charge in [0.05, 0.1) is 35.7 Å². The first-order valence-corrected chi connectivity index (χ1v) is 7.35. The van der Waals surface area contributed by atoms with Crippen molar-refractivity contribution in [2.45, 2.75) is 39.7 Å². The summed E-state index contributed by atoms with van der Waals surface area (Å²) in [6.45, 7) is 6.94. The van der Waals surface area contributed by atoms with Gasteiger partial charge >= 0.3 is 0 Å². The quantitative estimate of drug-likeness (QED) is 0.656. The number of rotatable bonds is 9. The molecule has 0 unspecified atom stereocenters. The molecule has 0 saturated carbocycles. The largest absolute Gasteiger partial charge is 0.379 e. The van der Waals surface area contributed by atoms with E-state index in [4.69, 9.17) is 9.47 Å². The summed E-state index contributed by atoms with van der Waals surface area (Å²) in [5, 5.41) is 4.43. The van der Waals surface area contributed by atoms with Crippen LogP contribution in [0.2, 0.25) is 0 Å². The third kappa shape index (κ3) is 4.71. The Hall–Kier alpha value is -0.390. The molecule has 0 aliphatic heterocycles. The highest BCUT2D eigenvalue weighted by atomic mass is 79.9. The first-order chi connectivity index (χ1) is 8.70. The van der Waals surface area contributed by atoms with E-state index in [0.717, 1.165) is 35.3 Å². The molecule has 0 spiro atoms. The molecule has 1 aromatic rings. The molecular formula is C13H23BrN2O2. The maximum absolute atomic E-state index is 5.60. The van der Waals surface area contributed by atoms with E-state index in [-0.39, 0.29) is 0 Å². The summed E-state index contributed by atoms with van der Waals surface area (Å²) in [6, 6.07) is 0. The Kier molecular flexibility index (Phi) is 7.54. The molecular weight excluding hydrogens is 296 g/mol. The van der Waals surface area contributed by atoms with Gasteiger partial charge in [-0.1, -0.05) is 20.3 Å². The fourth-order valence-electron chi connectivity index (χ4n) is 1.61. The number of nitrogens with zero attached hydrogens (tertiary/aromatic N) is 2. The zero-order valence-electron chi connectivity index (χ0n) is 11.5. The summed E-state index contributed by atoms with van der Waals surface area (Å²) in [4.78, 5) is 0. The van der Waals surface area contributed by atoms with Gasteiger partial charge in [0.25, 0.3) is 0 Å². The fraction of sp³-hybridized carbons (Fsp3) is 0.769. The van der Waals surface area contributed by atoms with E-state index in [1.54, 1.807) is 0 Å². The molecule has 0 aromatic carbocycles. The number of halogens is 1. The topological polar surface area (TPSA) is 36.3 Å². The van der Waals surface area contributed by atoms with Gasteiger partial charge in [-0.2, -0.15) is 5.10 Å². The van der Waals surface area contributed by atoms with E-state index in [0.29, 0.717) is 19.8 Å². The molecule has 0 aliphatic rings. The molecule has 0 fully saturated rings. The molecule has 0 radical (unpaired) electrons. The molecule has 5 heteroatoms. The van der Waals surface area contributed by atoms with Crippen molar-refractivity contribution in [3.63, 3.8) is 0 Å². The van der Waals surface area contributed by atoms with E-state index < -0.39 is 0 Å². The van der Waals surface area contributed by atoms with E-state index in [9.17, 15) is 0 Å². The number of aryl methyl sites for hydroxylation is 2. The second kappa shape index (κ2) is 8.67. The van der Waals surface area contributed by atoms with Crippen LogP contribution in [0, 0.1) is 0 Å². The van der Waals surface area contributed by atoms with Gasteiger partial charge in [0, 0.05) is 13.7 Å². The monoisotopic (exact) mass is 318 g/mol. The predicted octanol–water partition coefficient (Wildman–Crippen LogP) is 3.08. The van der Waals surface area contributed by atoms with Crippen LogP contribution in [0.4, 0.5) is 0 Å². The molecule has 1 heterocycles. The molecule has 0 N–H and O–H groups in total. The molecule has 1 aromatic heterocycles. The highest BCUT2D eigenvalue weighted by molar-refractivity contribution is 9.10. The van der Waals surface area contributed by atoms with Crippen molar-refractivity contribution in [3.05, 3.63) is 15.9 Å². The average molecular weight is 319 g/mol. The summed E-state index contributed by atoms with van der Waals surface area (Å²) in [6.07, 6.45) is 3.21. The molecule has 0 saturated heterocycles. The summed E-state index contributed by atoms with van der Waals surface area (Å²) >= 11 is 3.57. The van der Waals surface area contributed by atoms with Crippen molar-refractivity contribution >= 4 is 15.9 Å². The minimum Gasteiger partial charge on any atom is -0.379 e. The standard InChI is InChI=1S/C13H23BrN2O2/c1-4-6-7-17-8-9-18-10-12-13(14)11(5-2)15-16(12)3/h4-10H2,1-3H3. The molecule has 0 bridgehead atoms. The summed E-state index contributed by atoms with van der Waals surface area (Å²) in [7, 11) is 1.94. The first-order valence-electron chi connectivity index (χ1n) is 6.56. The molecule has 18 heavy (non-hydrogen) atoms. The lowest BCUT2D eigenvalue weighted by molar-refractivity contribution is 0.0374. The third-order valence-electron chi connectivity index (χ3n) is 2.76. The Labute approximate surface area is 118 Å². The molecule has 0 amide bonds. The van der Waals surface area contributed by atoms with E-state index >= 15 is 0 Å². The Balaban J connectivity index is 2.25. The maximum Gasteiger partial charge on any atom is 0.0897 e. The Morgan fingerprint density at radius 2 is 1.89 bits per heavy atom. The fourth-order valence-corrected chi connectivity index (χ4v) is 2.34. The highest BCUT2D eigenvalue weighted by Crippen LogP contribution is 2.22. The number of unbranched alkanes of at least 4 members (excludes halogenated alkanes) is 1. The van der Waals surface area contributed by atoms with Gasteiger partial charge in [-0.15, -0.1) is 0 Å². The van der Waals surface area contributed by atoms with Crippen LogP contribution in [-0.2, 0) is 29.5 Å². The van der Waals surface area contributed by atoms with Crippen LogP contribution >= 0.6 is 15.9 Å². The van der Waals surface area contributed by atoms with Crippen molar-refractivity contribution in [2.75, 3.05) is 19.8 Å². The minimum absolute atomic E-state index is 0.571. The lowest BCUT2D eigenvalue weighted by Gasteiger charge is -2.06. The summed E-state index contributed by atoms with van der Waals surface area (Å²) < 4.78 is 14.0. The maximum atomic E-state index is 5.60. The van der Waals surface area contributed by atoms with Gasteiger partial charge < -0.3 is 9.47 Å². The van der Waals surface area contributed by atoms with Crippen LogP contribution in [-0.4, -0.2) is 29.6 Å². The van der Waals surface area contributed by atoms with Crippen LogP contribution in [0.15, 0.2) is 4.47 Å². The average Bonchev–Trinajstić information content (AvgIpc) is 2.64. The van der Waals surface area contributed by atoms with Crippen LogP contribution in [0.1, 0.15) is 38.1 Å². The minimum atomic E-state index is 0.571. The van der Waals surface area contributed by atoms with Crippen molar-refractivity contribution < 1.29 is 9.47 Å². The highest BCUT2D eigenvalue weighted by Gasteiger charge is 2.11. The summed E-state index contributed by atoms with van der Waals surface area (Å²) in [5.41, 5.74) is 2.16. The van der Waals surface area contributed by atoms with Gasteiger partial charge in [0.15, 0.2) is 0 Å². The van der Waals surface area contributed by atoms with Gasteiger partial charge in [-0.25, -0.2) is 0 Å². The third-order valence-corrected chi connectivity index (χ3v) is 3.67. The molecule has 0 aliphatic carbocycles. The molecule has 0 atom stereocenters. The van der Waals surface area contributed by atoms with Crippen LogP contribution in [0.25, 0.3) is 0 Å². The van der Waals surface area contributed by atoms with Crippen molar-refractivity contribution in [2.24, 2.45) is 7.05 Å². The van der Waals surface area contributed by atoms with E-state index in [1.807, 2.05) is 11.7 Å². The Morgan fingerprint density at radius 1 is 1.17 bits per heavy atom. The van der Waals surface area contributed by atoms with E-state index in [2.05, 4.69) is 34.9 Å². The molecule has 1 rings (SSSR count). The van der Waals surface area contributed by atoms with Crippen molar-refractivity contribution in [3.8, 4) is 0 Å². The lowest BCUT2D eigenvalue weighted by atomic mass is 10.3. The van der Waals surface area contributed by atoms with Gasteiger partial charge in [-0.05, 0) is 28.8 Å². The lowest BCUT2D eigenvalue weighted by Crippen LogP contribution is -2.07. The Bertz CT molecular complexity index is 353. The van der Waals surface area contributed by atoms with Crippen LogP contribution in [0.5, 0.6) is 0 Å². The Morgan fingerprint density at radius 3 is 2.50 bits per heavy atom. The first kappa shape index (κ1) is 15.7. The number of hydrogen-bond acceptors (Lipinski definition) is 3. The normalized spacial score (nSPS) is 11.1. The van der Waals surface area contributed by atoms with Gasteiger partial charge in [-0.3, -0.25) is 4.68 Å². The summed E-state index contributed by atoms with van der Waals surface area (Å²) in [5.74, 6) is 0. The zero-order valence-corrected chi connectivity index (χ0v) is 13.1. The number of ether oxygens (including phenoxy) is 2. The van der Waals surface area contributed by atoms with E-state index in [1.165, 1.54) is 6.42 Å². The zero-order chi connectivity index (χ0) is 13.4. The van der Waals surface area contributed by atoms with Crippen LogP contribution in [0.3, 0.4) is 0 Å². The van der Waals surface area contributed by atoms with Crippen molar-refractivity contribution in [1.82, 2.24) is 9.78 Å². The second-order valence-electron chi connectivity index (χ2n) is 4.20. The predicted molar refractivity (Wildman–Crippen MR) is 75.7 cm³/mol. The number of aromatic nitrogens is 2. The smallest absolute Gasteiger partial charge is 0.0897 e. The SMILES string of the molecule is CCCCOCCOCc1c(Br)c(CC)nn1C. The molecule has 4 nitrogen and oxygen atoms in total. The van der Waals surface area contributed by atoms with Gasteiger partial charge in [0.2, 0.25) is 0 Å².